The molecule has 0 aliphatic carbocycles. The number of hydrogen-bond acceptors (Lipinski definition) is 2. The molecule has 0 fully saturated rings. The van der Waals surface area contributed by atoms with Crippen LogP contribution in [-0.4, -0.2) is 11.6 Å². The molecule has 0 unspecified atom stereocenters. The van der Waals surface area contributed by atoms with Crippen molar-refractivity contribution in [2.45, 2.75) is 6.92 Å². The summed E-state index contributed by atoms with van der Waals surface area (Å²) in [5.41, 5.74) is 2.17. The van der Waals surface area contributed by atoms with Crippen molar-refractivity contribution in [1.29, 1.82) is 0 Å². The van der Waals surface area contributed by atoms with Crippen LogP contribution in [0.2, 0.25) is 10.0 Å². The third-order valence-electron chi connectivity index (χ3n) is 3.38. The number of rotatable bonds is 2. The summed E-state index contributed by atoms with van der Waals surface area (Å²) in [6.07, 6.45) is 1.67. The van der Waals surface area contributed by atoms with Crippen LogP contribution >= 0.6 is 23.2 Å². The molecular formula is C17H11Cl2FN2O. The van der Waals surface area contributed by atoms with E-state index in [0.717, 1.165) is 0 Å². The number of nitrogens with zero attached hydrogens (tertiary/aromatic N) is 2. The summed E-state index contributed by atoms with van der Waals surface area (Å²) in [4.78, 5) is 12.6. The first-order valence-electron chi connectivity index (χ1n) is 6.78. The molecule has 2 aromatic rings. The van der Waals surface area contributed by atoms with E-state index in [1.54, 1.807) is 43.3 Å². The number of benzene rings is 2. The lowest BCUT2D eigenvalue weighted by molar-refractivity contribution is -0.114. The van der Waals surface area contributed by atoms with E-state index in [4.69, 9.17) is 23.2 Å². The molecule has 0 atom stereocenters. The lowest BCUT2D eigenvalue weighted by atomic mass is 10.1. The maximum absolute atomic E-state index is 13.0. The number of carbonyl (C=O) groups is 1. The maximum Gasteiger partial charge on any atom is 0.280 e. The fourth-order valence-corrected chi connectivity index (χ4v) is 2.71. The molecule has 116 valence electrons. The average molecular weight is 349 g/mol. The Balaban J connectivity index is 1.96. The van der Waals surface area contributed by atoms with Crippen LogP contribution in [0.25, 0.3) is 6.08 Å². The number of amides is 1. The molecule has 0 N–H and O–H groups in total. The van der Waals surface area contributed by atoms with E-state index in [1.165, 1.54) is 17.1 Å². The summed E-state index contributed by atoms with van der Waals surface area (Å²) in [5.74, 6) is -0.624. The Kier molecular flexibility index (Phi) is 4.20. The van der Waals surface area contributed by atoms with Gasteiger partial charge in [0.15, 0.2) is 0 Å². The van der Waals surface area contributed by atoms with E-state index in [1.807, 2.05) is 0 Å². The fraction of sp³-hybridized carbons (Fsp3) is 0.0588. The van der Waals surface area contributed by atoms with Gasteiger partial charge in [0.05, 0.1) is 22.0 Å². The van der Waals surface area contributed by atoms with Crippen LogP contribution in [0.3, 0.4) is 0 Å². The normalized spacial score (nSPS) is 16.2. The van der Waals surface area contributed by atoms with Crippen LogP contribution < -0.4 is 5.01 Å². The third kappa shape index (κ3) is 3.14. The van der Waals surface area contributed by atoms with Crippen LogP contribution in [0.5, 0.6) is 0 Å². The standard InChI is InChI=1S/C17H11Cl2FN2O/c1-10-14(8-11-2-5-13(20)6-3-11)17(23)22(21-10)16-7-4-12(18)9-15(16)19/h2-9H,1H3. The summed E-state index contributed by atoms with van der Waals surface area (Å²) in [6, 6.07) is 10.7. The van der Waals surface area contributed by atoms with Gasteiger partial charge in [0.2, 0.25) is 0 Å². The molecule has 0 saturated heterocycles. The highest BCUT2D eigenvalue weighted by Crippen LogP contribution is 2.32. The van der Waals surface area contributed by atoms with Gasteiger partial charge >= 0.3 is 0 Å². The van der Waals surface area contributed by atoms with Crippen molar-refractivity contribution < 1.29 is 9.18 Å². The maximum atomic E-state index is 13.0. The second-order valence-corrected chi connectivity index (χ2v) is 5.85. The first-order chi connectivity index (χ1) is 11.0. The first kappa shape index (κ1) is 15.7. The Morgan fingerprint density at radius 3 is 2.48 bits per heavy atom. The van der Waals surface area contributed by atoms with Crippen molar-refractivity contribution in [3.8, 4) is 0 Å². The molecule has 3 rings (SSSR count). The molecule has 0 aromatic heterocycles. The number of hydrazone groups is 1. The molecule has 6 heteroatoms. The Bertz CT molecular complexity index is 844. The molecule has 2 aromatic carbocycles. The lowest BCUT2D eigenvalue weighted by Crippen LogP contribution is -2.21. The number of carbonyl (C=O) groups excluding carboxylic acids is 1. The Labute approximate surface area is 142 Å². The Hall–Kier alpha value is -2.17. The smallest absolute Gasteiger partial charge is 0.267 e. The predicted octanol–water partition coefficient (Wildman–Crippen LogP) is 4.94. The van der Waals surface area contributed by atoms with Gasteiger partial charge in [-0.25, -0.2) is 4.39 Å². The monoisotopic (exact) mass is 348 g/mol. The van der Waals surface area contributed by atoms with Crippen molar-refractivity contribution in [3.63, 3.8) is 0 Å². The molecule has 0 spiro atoms. The van der Waals surface area contributed by atoms with Crippen LogP contribution in [0.1, 0.15) is 12.5 Å². The first-order valence-corrected chi connectivity index (χ1v) is 7.53. The topological polar surface area (TPSA) is 32.7 Å². The van der Waals surface area contributed by atoms with Gasteiger partial charge in [0.1, 0.15) is 5.82 Å². The van der Waals surface area contributed by atoms with Gasteiger partial charge in [-0.05, 0) is 48.9 Å². The van der Waals surface area contributed by atoms with Crippen molar-refractivity contribution in [3.05, 3.63) is 69.5 Å². The van der Waals surface area contributed by atoms with Crippen molar-refractivity contribution in [1.82, 2.24) is 0 Å². The van der Waals surface area contributed by atoms with Gasteiger partial charge in [0, 0.05) is 5.02 Å². The highest BCUT2D eigenvalue weighted by molar-refractivity contribution is 6.38. The summed E-state index contributed by atoms with van der Waals surface area (Å²) < 4.78 is 13.0. The zero-order valence-electron chi connectivity index (χ0n) is 12.1. The van der Waals surface area contributed by atoms with Gasteiger partial charge in [-0.3, -0.25) is 4.79 Å². The van der Waals surface area contributed by atoms with Crippen LogP contribution in [0.4, 0.5) is 10.1 Å². The highest BCUT2D eigenvalue weighted by Gasteiger charge is 2.29. The molecule has 3 nitrogen and oxygen atoms in total. The second kappa shape index (κ2) is 6.14. The molecule has 23 heavy (non-hydrogen) atoms. The molecule has 0 bridgehead atoms. The fourth-order valence-electron chi connectivity index (χ4n) is 2.23. The predicted molar refractivity (Wildman–Crippen MR) is 91.4 cm³/mol. The summed E-state index contributed by atoms with van der Waals surface area (Å²) in [5, 5.41) is 6.31. The average Bonchev–Trinajstić information content (AvgIpc) is 2.77. The van der Waals surface area contributed by atoms with E-state index in [9.17, 15) is 9.18 Å². The Morgan fingerprint density at radius 1 is 1.13 bits per heavy atom. The molecule has 1 aliphatic rings. The van der Waals surface area contributed by atoms with E-state index in [-0.39, 0.29) is 11.7 Å². The van der Waals surface area contributed by atoms with Gasteiger partial charge < -0.3 is 0 Å². The molecule has 1 aliphatic heterocycles. The molecule has 0 radical (unpaired) electrons. The van der Waals surface area contributed by atoms with Crippen LogP contribution in [0, 0.1) is 5.82 Å². The van der Waals surface area contributed by atoms with Crippen molar-refractivity contribution in [2.24, 2.45) is 5.10 Å². The number of anilines is 1. The van der Waals surface area contributed by atoms with E-state index in [0.29, 0.717) is 32.6 Å². The largest absolute Gasteiger partial charge is 0.280 e. The van der Waals surface area contributed by atoms with E-state index < -0.39 is 0 Å². The van der Waals surface area contributed by atoms with Crippen molar-refractivity contribution >= 4 is 46.6 Å². The highest BCUT2D eigenvalue weighted by atomic mass is 35.5. The van der Waals surface area contributed by atoms with Crippen LogP contribution in [0.15, 0.2) is 53.1 Å². The van der Waals surface area contributed by atoms with Crippen LogP contribution in [-0.2, 0) is 4.79 Å². The zero-order chi connectivity index (χ0) is 16.6. The molecule has 0 saturated carbocycles. The second-order valence-electron chi connectivity index (χ2n) is 5.01. The van der Waals surface area contributed by atoms with Gasteiger partial charge in [-0.15, -0.1) is 0 Å². The van der Waals surface area contributed by atoms with Gasteiger partial charge in [0.25, 0.3) is 5.91 Å². The van der Waals surface area contributed by atoms with E-state index >= 15 is 0 Å². The third-order valence-corrected chi connectivity index (χ3v) is 3.92. The Morgan fingerprint density at radius 2 is 1.83 bits per heavy atom. The minimum atomic E-state index is -0.329. The summed E-state index contributed by atoms with van der Waals surface area (Å²) in [7, 11) is 0. The lowest BCUT2D eigenvalue weighted by Gasteiger charge is -2.13. The number of hydrogen-bond donors (Lipinski definition) is 0. The minimum absolute atomic E-state index is 0.295. The molecular weight excluding hydrogens is 338 g/mol. The van der Waals surface area contributed by atoms with Crippen molar-refractivity contribution in [2.75, 3.05) is 5.01 Å². The molecule has 1 amide bonds. The van der Waals surface area contributed by atoms with Gasteiger partial charge in [-0.2, -0.15) is 10.1 Å². The van der Waals surface area contributed by atoms with Gasteiger partial charge in [-0.1, -0.05) is 35.3 Å². The molecule has 1 heterocycles. The number of halogens is 3. The summed E-state index contributed by atoms with van der Waals surface area (Å²) in [6.45, 7) is 1.73. The zero-order valence-corrected chi connectivity index (χ0v) is 13.6. The minimum Gasteiger partial charge on any atom is -0.267 e. The van der Waals surface area contributed by atoms with E-state index in [2.05, 4.69) is 5.10 Å². The SMILES string of the molecule is CC1=NN(c2ccc(Cl)cc2Cl)C(=O)C1=Cc1ccc(F)cc1. The quantitative estimate of drug-likeness (QED) is 0.707. The summed E-state index contributed by atoms with van der Waals surface area (Å²) >= 11 is 12.0.